The molecule has 1 atom stereocenters. The van der Waals surface area contributed by atoms with Crippen molar-refractivity contribution in [3.05, 3.63) is 61.3 Å². The Balaban J connectivity index is 1.38. The molecular weight excluding hydrogens is 542 g/mol. The molecule has 0 bridgehead atoms. The van der Waals surface area contributed by atoms with Crippen LogP contribution in [0.3, 0.4) is 0 Å². The van der Waals surface area contributed by atoms with E-state index in [1.54, 1.807) is 0 Å². The van der Waals surface area contributed by atoms with Gasteiger partial charge in [0.05, 0.1) is 5.69 Å². The van der Waals surface area contributed by atoms with Gasteiger partial charge in [-0.05, 0) is 121 Å². The first-order chi connectivity index (χ1) is 16.0. The van der Waals surface area contributed by atoms with Crippen LogP contribution in [0.25, 0.3) is 0 Å². The zero-order chi connectivity index (χ0) is 22.9. The summed E-state index contributed by atoms with van der Waals surface area (Å²) in [5, 5.41) is 3.40. The van der Waals surface area contributed by atoms with Gasteiger partial charge in [0, 0.05) is 40.6 Å². The summed E-state index contributed by atoms with van der Waals surface area (Å²) in [5.74, 6) is 1.69. The molecule has 1 N–H and O–H groups in total. The number of fused-ring (bicyclic) bond motifs is 2. The summed E-state index contributed by atoms with van der Waals surface area (Å²) in [6.45, 7) is 6.03. The van der Waals surface area contributed by atoms with Crippen molar-refractivity contribution in [2.75, 3.05) is 26.2 Å². The second-order valence-corrected chi connectivity index (χ2v) is 11.9. The molecule has 3 heterocycles. The molecule has 0 unspecified atom stereocenters. The number of benzene rings is 1. The SMILES string of the molecule is Cc1cc(Br)c2c(c1)CCc1cc(Br)cnc1[C@@H]2C1CCN(C(=O)CC2CCNCC2)CC1. The van der Waals surface area contributed by atoms with Gasteiger partial charge in [0.1, 0.15) is 0 Å². The van der Waals surface area contributed by atoms with E-state index < -0.39 is 0 Å². The van der Waals surface area contributed by atoms with Gasteiger partial charge in [-0.25, -0.2) is 0 Å². The first-order valence-electron chi connectivity index (χ1n) is 12.4. The zero-order valence-corrected chi connectivity index (χ0v) is 22.6. The van der Waals surface area contributed by atoms with Gasteiger partial charge in [-0.1, -0.05) is 22.0 Å². The van der Waals surface area contributed by atoms with Crippen LogP contribution in [0, 0.1) is 18.8 Å². The highest BCUT2D eigenvalue weighted by Crippen LogP contribution is 2.45. The summed E-state index contributed by atoms with van der Waals surface area (Å²) < 4.78 is 2.27. The van der Waals surface area contributed by atoms with Crippen LogP contribution >= 0.6 is 31.9 Å². The number of amides is 1. The molecule has 33 heavy (non-hydrogen) atoms. The van der Waals surface area contributed by atoms with E-state index in [-0.39, 0.29) is 5.92 Å². The number of halogens is 2. The molecule has 0 radical (unpaired) electrons. The van der Waals surface area contributed by atoms with Gasteiger partial charge in [-0.3, -0.25) is 9.78 Å². The lowest BCUT2D eigenvalue weighted by Crippen LogP contribution is -2.41. The van der Waals surface area contributed by atoms with Crippen LogP contribution in [-0.4, -0.2) is 42.0 Å². The molecule has 176 valence electrons. The van der Waals surface area contributed by atoms with Crippen molar-refractivity contribution in [3.8, 4) is 0 Å². The third-order valence-corrected chi connectivity index (χ3v) is 8.97. The summed E-state index contributed by atoms with van der Waals surface area (Å²) in [4.78, 5) is 20.1. The number of nitrogens with zero attached hydrogens (tertiary/aromatic N) is 2. The molecule has 1 aliphatic carbocycles. The van der Waals surface area contributed by atoms with Crippen LogP contribution in [0.5, 0.6) is 0 Å². The highest BCUT2D eigenvalue weighted by Gasteiger charge is 2.36. The van der Waals surface area contributed by atoms with E-state index in [1.807, 2.05) is 6.20 Å². The number of hydrogen-bond acceptors (Lipinski definition) is 3. The minimum absolute atomic E-state index is 0.280. The fraction of sp³-hybridized carbons (Fsp3) is 0.556. The van der Waals surface area contributed by atoms with Crippen LogP contribution in [-0.2, 0) is 17.6 Å². The summed E-state index contributed by atoms with van der Waals surface area (Å²) >= 11 is 7.56. The Hall–Kier alpha value is -1.24. The van der Waals surface area contributed by atoms with E-state index in [1.165, 1.54) is 32.4 Å². The maximum absolute atomic E-state index is 13.0. The number of nitrogens with one attached hydrogen (secondary N) is 1. The predicted octanol–water partition coefficient (Wildman–Crippen LogP) is 5.77. The number of piperidine rings is 2. The van der Waals surface area contributed by atoms with Gasteiger partial charge in [0.25, 0.3) is 0 Å². The lowest BCUT2D eigenvalue weighted by molar-refractivity contribution is -0.133. The molecule has 1 amide bonds. The molecule has 1 aromatic heterocycles. The lowest BCUT2D eigenvalue weighted by atomic mass is 9.76. The van der Waals surface area contributed by atoms with Gasteiger partial charge in [0.15, 0.2) is 0 Å². The first kappa shape index (κ1) is 23.5. The molecule has 0 spiro atoms. The fourth-order valence-electron chi connectivity index (χ4n) is 6.16. The Morgan fingerprint density at radius 3 is 2.55 bits per heavy atom. The Labute approximate surface area is 214 Å². The third-order valence-electron chi connectivity index (χ3n) is 7.88. The Kier molecular flexibility index (Phi) is 7.24. The summed E-state index contributed by atoms with van der Waals surface area (Å²) in [5.41, 5.74) is 6.78. The van der Waals surface area contributed by atoms with E-state index in [9.17, 15) is 4.79 Å². The Morgan fingerprint density at radius 2 is 1.79 bits per heavy atom. The topological polar surface area (TPSA) is 45.2 Å². The molecule has 4 nitrogen and oxygen atoms in total. The molecule has 0 saturated carbocycles. The van der Waals surface area contributed by atoms with E-state index in [4.69, 9.17) is 4.98 Å². The van der Waals surface area contributed by atoms with Crippen LogP contribution in [0.4, 0.5) is 0 Å². The number of aryl methyl sites for hydroxylation is 3. The van der Waals surface area contributed by atoms with Crippen molar-refractivity contribution >= 4 is 37.8 Å². The first-order valence-corrected chi connectivity index (χ1v) is 14.0. The molecule has 3 aliphatic rings. The van der Waals surface area contributed by atoms with Crippen molar-refractivity contribution in [3.63, 3.8) is 0 Å². The zero-order valence-electron chi connectivity index (χ0n) is 19.4. The van der Waals surface area contributed by atoms with Gasteiger partial charge in [0.2, 0.25) is 5.91 Å². The number of carbonyl (C=O) groups is 1. The Bertz CT molecular complexity index is 1030. The lowest BCUT2D eigenvalue weighted by Gasteiger charge is -2.38. The second-order valence-electron chi connectivity index (χ2n) is 10.1. The van der Waals surface area contributed by atoms with Crippen molar-refractivity contribution < 1.29 is 4.79 Å². The normalized spacial score (nSPS) is 21.9. The molecule has 2 fully saturated rings. The monoisotopic (exact) mass is 573 g/mol. The van der Waals surface area contributed by atoms with E-state index in [0.29, 0.717) is 17.7 Å². The second kappa shape index (κ2) is 10.2. The average molecular weight is 575 g/mol. The fourth-order valence-corrected chi connectivity index (χ4v) is 7.40. The van der Waals surface area contributed by atoms with Gasteiger partial charge in [-0.2, -0.15) is 0 Å². The molecule has 6 heteroatoms. The highest BCUT2D eigenvalue weighted by molar-refractivity contribution is 9.10. The molecule has 2 saturated heterocycles. The third kappa shape index (κ3) is 5.08. The van der Waals surface area contributed by atoms with Crippen LogP contribution in [0.1, 0.15) is 66.0 Å². The van der Waals surface area contributed by atoms with Crippen molar-refractivity contribution in [1.82, 2.24) is 15.2 Å². The van der Waals surface area contributed by atoms with Crippen molar-refractivity contribution in [2.24, 2.45) is 11.8 Å². The van der Waals surface area contributed by atoms with Gasteiger partial charge >= 0.3 is 0 Å². The molecule has 2 aromatic rings. The summed E-state index contributed by atoms with van der Waals surface area (Å²) in [6, 6.07) is 6.89. The van der Waals surface area contributed by atoms with Crippen molar-refractivity contribution in [2.45, 2.75) is 57.8 Å². The number of carbonyl (C=O) groups excluding carboxylic acids is 1. The largest absolute Gasteiger partial charge is 0.343 e. The van der Waals surface area contributed by atoms with E-state index >= 15 is 0 Å². The molecule has 5 rings (SSSR count). The summed E-state index contributed by atoms with van der Waals surface area (Å²) in [7, 11) is 0. The van der Waals surface area contributed by atoms with E-state index in [0.717, 1.165) is 75.6 Å². The number of likely N-dealkylation sites (tertiary alicyclic amines) is 1. The minimum atomic E-state index is 0.280. The maximum Gasteiger partial charge on any atom is 0.222 e. The highest BCUT2D eigenvalue weighted by atomic mass is 79.9. The Morgan fingerprint density at radius 1 is 1.06 bits per heavy atom. The molecule has 2 aliphatic heterocycles. The van der Waals surface area contributed by atoms with Crippen LogP contribution < -0.4 is 5.32 Å². The number of pyridine rings is 1. The van der Waals surface area contributed by atoms with Gasteiger partial charge in [-0.15, -0.1) is 0 Å². The molecule has 1 aromatic carbocycles. The quantitative estimate of drug-likeness (QED) is 0.506. The predicted molar refractivity (Wildman–Crippen MR) is 140 cm³/mol. The summed E-state index contributed by atoms with van der Waals surface area (Å²) in [6.07, 6.45) is 9.09. The smallest absolute Gasteiger partial charge is 0.222 e. The molecular formula is C27H33Br2N3O. The van der Waals surface area contributed by atoms with E-state index in [2.05, 4.69) is 67.2 Å². The standard InChI is InChI=1S/C27H33Br2N3O/c1-17-12-20-2-3-21-15-22(28)16-31-27(21)26(25(20)23(29)13-17)19-6-10-32(11-7-19)24(33)14-18-4-8-30-9-5-18/h12-13,15-16,18-19,26,30H,2-11,14H2,1H3/t26-/m1/s1. The maximum atomic E-state index is 13.0. The van der Waals surface area contributed by atoms with Crippen LogP contribution in [0.2, 0.25) is 0 Å². The average Bonchev–Trinajstić information content (AvgIpc) is 2.96. The number of aromatic nitrogens is 1. The number of rotatable bonds is 3. The van der Waals surface area contributed by atoms with Crippen LogP contribution in [0.15, 0.2) is 33.3 Å². The van der Waals surface area contributed by atoms with Gasteiger partial charge < -0.3 is 10.2 Å². The van der Waals surface area contributed by atoms with Crippen molar-refractivity contribution in [1.29, 1.82) is 0 Å². The minimum Gasteiger partial charge on any atom is -0.343 e. The number of hydrogen-bond donors (Lipinski definition) is 1.